The number of pyridine rings is 1. The highest BCUT2D eigenvalue weighted by molar-refractivity contribution is 5.65. The molecule has 0 radical (unpaired) electrons. The summed E-state index contributed by atoms with van der Waals surface area (Å²) in [5, 5.41) is 20.8. The molecular weight excluding hydrogens is 243 g/mol. The molecule has 1 aromatic carbocycles. The molecule has 0 amide bonds. The molecular formula is C14H9FN4. The van der Waals surface area contributed by atoms with E-state index >= 15 is 0 Å². The van der Waals surface area contributed by atoms with Crippen LogP contribution < -0.4 is 5.32 Å². The maximum Gasteiger partial charge on any atom is 0.148 e. The Kier molecular flexibility index (Phi) is 3.40. The average molecular weight is 252 g/mol. The second-order valence-electron chi connectivity index (χ2n) is 3.89. The molecule has 0 bridgehead atoms. The van der Waals surface area contributed by atoms with Crippen molar-refractivity contribution in [1.82, 2.24) is 4.98 Å². The van der Waals surface area contributed by atoms with Crippen molar-refractivity contribution in [1.29, 1.82) is 10.5 Å². The van der Waals surface area contributed by atoms with Gasteiger partial charge in [-0.1, -0.05) is 0 Å². The van der Waals surface area contributed by atoms with Crippen LogP contribution in [0.1, 0.15) is 16.7 Å². The molecule has 0 saturated heterocycles. The maximum atomic E-state index is 13.2. The third-order valence-electron chi connectivity index (χ3n) is 2.62. The number of aromatic nitrogens is 1. The first-order valence-electron chi connectivity index (χ1n) is 5.48. The number of nitrogens with one attached hydrogen (secondary N) is 1. The molecule has 1 aromatic heterocycles. The molecule has 1 heterocycles. The molecule has 0 aliphatic heterocycles. The highest BCUT2D eigenvalue weighted by Gasteiger charge is 2.08. The summed E-state index contributed by atoms with van der Waals surface area (Å²) in [5.41, 5.74) is 1.66. The zero-order valence-corrected chi connectivity index (χ0v) is 10.1. The number of halogens is 1. The number of hydrogen-bond acceptors (Lipinski definition) is 4. The van der Waals surface area contributed by atoms with Crippen LogP contribution in [0.5, 0.6) is 0 Å². The predicted molar refractivity (Wildman–Crippen MR) is 68.1 cm³/mol. The van der Waals surface area contributed by atoms with E-state index in [2.05, 4.69) is 16.4 Å². The Bertz CT molecular complexity index is 710. The van der Waals surface area contributed by atoms with Crippen molar-refractivity contribution >= 4 is 11.5 Å². The summed E-state index contributed by atoms with van der Waals surface area (Å²) in [4.78, 5) is 4.07. The summed E-state index contributed by atoms with van der Waals surface area (Å²) in [6.07, 6.45) is 1.58. The van der Waals surface area contributed by atoms with Gasteiger partial charge in [-0.2, -0.15) is 10.5 Å². The minimum Gasteiger partial charge on any atom is -0.339 e. The molecule has 2 aromatic rings. The zero-order chi connectivity index (χ0) is 13.8. The Hall–Kier alpha value is -2.92. The van der Waals surface area contributed by atoms with Crippen LogP contribution in [0.25, 0.3) is 0 Å². The number of hydrogen-bond donors (Lipinski definition) is 1. The van der Waals surface area contributed by atoms with Crippen LogP contribution in [0.3, 0.4) is 0 Å². The molecule has 2 rings (SSSR count). The number of benzene rings is 1. The molecule has 0 unspecified atom stereocenters. The lowest BCUT2D eigenvalue weighted by Crippen LogP contribution is -1.99. The fraction of sp³-hybridized carbons (Fsp3) is 0.0714. The standard InChI is InChI=1S/C14H9FN4/c1-9-4-5-18-14(12(9)8-17)19-11-2-3-13(15)10(6-11)7-16/h2-6H,1H3,(H,18,19). The molecule has 0 fully saturated rings. The van der Waals surface area contributed by atoms with E-state index in [1.165, 1.54) is 18.2 Å². The summed E-state index contributed by atoms with van der Waals surface area (Å²) in [5.74, 6) is -0.191. The second-order valence-corrected chi connectivity index (χ2v) is 3.89. The van der Waals surface area contributed by atoms with Crippen LogP contribution in [0.4, 0.5) is 15.9 Å². The smallest absolute Gasteiger partial charge is 0.148 e. The Balaban J connectivity index is 2.40. The molecule has 1 N–H and O–H groups in total. The Morgan fingerprint density at radius 1 is 1.21 bits per heavy atom. The van der Waals surface area contributed by atoms with Gasteiger partial charge in [0.1, 0.15) is 23.8 Å². The highest BCUT2D eigenvalue weighted by Crippen LogP contribution is 2.22. The lowest BCUT2D eigenvalue weighted by Gasteiger charge is -2.09. The van der Waals surface area contributed by atoms with Crippen molar-refractivity contribution in [2.45, 2.75) is 6.92 Å². The maximum absolute atomic E-state index is 13.2. The molecule has 19 heavy (non-hydrogen) atoms. The molecule has 92 valence electrons. The Morgan fingerprint density at radius 2 is 2.00 bits per heavy atom. The summed E-state index contributed by atoms with van der Waals surface area (Å²) in [6.45, 7) is 1.80. The highest BCUT2D eigenvalue weighted by atomic mass is 19.1. The van der Waals surface area contributed by atoms with Crippen LogP contribution in [-0.4, -0.2) is 4.98 Å². The van der Waals surface area contributed by atoms with Gasteiger partial charge in [-0.3, -0.25) is 0 Å². The third-order valence-corrected chi connectivity index (χ3v) is 2.62. The normalized spacial score (nSPS) is 9.47. The van der Waals surface area contributed by atoms with Crippen LogP contribution in [0.2, 0.25) is 0 Å². The summed E-state index contributed by atoms with van der Waals surface area (Å²) in [7, 11) is 0. The first kappa shape index (κ1) is 12.5. The molecule has 0 spiro atoms. The van der Waals surface area contributed by atoms with Crippen LogP contribution in [0, 0.1) is 35.4 Å². The van der Waals surface area contributed by atoms with Gasteiger partial charge in [0.15, 0.2) is 0 Å². The fourth-order valence-corrected chi connectivity index (χ4v) is 1.62. The fourth-order valence-electron chi connectivity index (χ4n) is 1.62. The van der Waals surface area contributed by atoms with Crippen molar-refractivity contribution in [3.63, 3.8) is 0 Å². The molecule has 0 saturated carbocycles. The van der Waals surface area contributed by atoms with Gasteiger partial charge in [-0.15, -0.1) is 0 Å². The van der Waals surface area contributed by atoms with E-state index in [1.54, 1.807) is 25.3 Å². The average Bonchev–Trinajstić information content (AvgIpc) is 2.41. The van der Waals surface area contributed by atoms with Crippen molar-refractivity contribution in [3.8, 4) is 12.1 Å². The van der Waals surface area contributed by atoms with Crippen molar-refractivity contribution in [2.75, 3.05) is 5.32 Å². The monoisotopic (exact) mass is 252 g/mol. The minimum atomic E-state index is -0.578. The van der Waals surface area contributed by atoms with E-state index in [-0.39, 0.29) is 5.56 Å². The first-order valence-corrected chi connectivity index (χ1v) is 5.48. The van der Waals surface area contributed by atoms with Crippen molar-refractivity contribution in [2.24, 2.45) is 0 Å². The largest absolute Gasteiger partial charge is 0.339 e. The summed E-state index contributed by atoms with van der Waals surface area (Å²) < 4.78 is 13.2. The number of rotatable bonds is 2. The lowest BCUT2D eigenvalue weighted by molar-refractivity contribution is 0.624. The molecule has 0 atom stereocenters. The van der Waals surface area contributed by atoms with Gasteiger partial charge in [0.2, 0.25) is 0 Å². The number of nitrogens with zero attached hydrogens (tertiary/aromatic N) is 3. The third kappa shape index (κ3) is 2.51. The molecule has 0 aliphatic rings. The topological polar surface area (TPSA) is 72.5 Å². The van der Waals surface area contributed by atoms with Gasteiger partial charge in [-0.25, -0.2) is 9.37 Å². The van der Waals surface area contributed by atoms with Gasteiger partial charge in [0.05, 0.1) is 11.1 Å². The predicted octanol–water partition coefficient (Wildman–Crippen LogP) is 3.02. The Morgan fingerprint density at radius 3 is 2.68 bits per heavy atom. The summed E-state index contributed by atoms with van der Waals surface area (Å²) in [6, 6.07) is 9.61. The van der Waals surface area contributed by atoms with Gasteiger partial charge in [-0.05, 0) is 36.8 Å². The first-order chi connectivity index (χ1) is 9.15. The number of aryl methyl sites for hydroxylation is 1. The van der Waals surface area contributed by atoms with Crippen molar-refractivity contribution < 1.29 is 4.39 Å². The summed E-state index contributed by atoms with van der Waals surface area (Å²) >= 11 is 0. The van der Waals surface area contributed by atoms with Crippen LogP contribution in [-0.2, 0) is 0 Å². The zero-order valence-electron chi connectivity index (χ0n) is 10.1. The molecule has 0 aliphatic carbocycles. The van der Waals surface area contributed by atoms with E-state index in [0.717, 1.165) is 5.56 Å². The number of nitriles is 2. The van der Waals surface area contributed by atoms with Gasteiger partial charge in [0, 0.05) is 11.9 Å². The van der Waals surface area contributed by atoms with E-state index in [9.17, 15) is 4.39 Å². The number of anilines is 2. The SMILES string of the molecule is Cc1ccnc(Nc2ccc(F)c(C#N)c2)c1C#N. The van der Waals surface area contributed by atoms with Crippen LogP contribution in [0.15, 0.2) is 30.5 Å². The van der Waals surface area contributed by atoms with Crippen LogP contribution >= 0.6 is 0 Å². The van der Waals surface area contributed by atoms with E-state index < -0.39 is 5.82 Å². The second kappa shape index (κ2) is 5.16. The van der Waals surface area contributed by atoms with Gasteiger partial charge < -0.3 is 5.32 Å². The van der Waals surface area contributed by atoms with Crippen molar-refractivity contribution in [3.05, 3.63) is 53.0 Å². The van der Waals surface area contributed by atoms with E-state index in [1.807, 2.05) is 0 Å². The van der Waals surface area contributed by atoms with Gasteiger partial charge in [0.25, 0.3) is 0 Å². The minimum absolute atomic E-state index is 0.0591. The van der Waals surface area contributed by atoms with E-state index in [4.69, 9.17) is 10.5 Å². The molecule has 5 heteroatoms. The lowest BCUT2D eigenvalue weighted by atomic mass is 10.1. The molecule has 4 nitrogen and oxygen atoms in total. The quantitative estimate of drug-likeness (QED) is 0.891. The van der Waals surface area contributed by atoms with Gasteiger partial charge >= 0.3 is 0 Å². The van der Waals surface area contributed by atoms with E-state index in [0.29, 0.717) is 17.1 Å². The Labute approximate surface area is 109 Å².